The van der Waals surface area contributed by atoms with Crippen molar-refractivity contribution in [1.82, 2.24) is 15.1 Å². The Balaban J connectivity index is 2.06. The van der Waals surface area contributed by atoms with E-state index in [9.17, 15) is 9.59 Å². The Bertz CT molecular complexity index is 690. The van der Waals surface area contributed by atoms with Crippen LogP contribution in [0.2, 0.25) is 0 Å². The molecule has 3 N–H and O–H groups in total. The molecule has 31 heavy (non-hydrogen) atoms. The third kappa shape index (κ3) is 8.85. The molecule has 0 aliphatic carbocycles. The molecule has 8 heteroatoms. The van der Waals surface area contributed by atoms with Crippen LogP contribution in [0.5, 0.6) is 0 Å². The second kappa shape index (κ2) is 12.0. The fourth-order valence-corrected chi connectivity index (χ4v) is 3.64. The molecule has 1 fully saturated rings. The van der Waals surface area contributed by atoms with Crippen molar-refractivity contribution in [2.24, 2.45) is 0 Å². The molecule has 0 saturated carbocycles. The number of carbonyl (C=O) groups is 2. The quantitative estimate of drug-likeness (QED) is 0.515. The van der Waals surface area contributed by atoms with Crippen LogP contribution in [0.15, 0.2) is 24.3 Å². The highest BCUT2D eigenvalue weighted by atomic mass is 16.6. The number of amides is 2. The van der Waals surface area contributed by atoms with E-state index in [1.807, 2.05) is 29.2 Å². The van der Waals surface area contributed by atoms with Crippen LogP contribution in [0.3, 0.4) is 0 Å². The highest BCUT2D eigenvalue weighted by Crippen LogP contribution is 2.15. The first-order valence-electron chi connectivity index (χ1n) is 11.0. The summed E-state index contributed by atoms with van der Waals surface area (Å²) in [5.74, 6) is -0.0792. The number of nitrogens with zero attached hydrogens (tertiary/aromatic N) is 2. The van der Waals surface area contributed by atoms with Crippen molar-refractivity contribution in [3.8, 4) is 0 Å². The summed E-state index contributed by atoms with van der Waals surface area (Å²) in [5.41, 5.74) is 1.35. The number of carbonyl (C=O) groups excluding carboxylic acids is 2. The van der Waals surface area contributed by atoms with Crippen molar-refractivity contribution in [3.63, 3.8) is 0 Å². The average Bonchev–Trinajstić information content (AvgIpc) is 3.22. The number of benzene rings is 1. The predicted octanol–water partition coefficient (Wildman–Crippen LogP) is 1.53. The minimum absolute atomic E-state index is 0.0364. The summed E-state index contributed by atoms with van der Waals surface area (Å²) < 4.78 is 5.36. The van der Waals surface area contributed by atoms with Gasteiger partial charge >= 0.3 is 6.09 Å². The molecule has 1 aliphatic rings. The number of rotatable bonds is 10. The molecule has 1 aliphatic heterocycles. The first-order valence-corrected chi connectivity index (χ1v) is 11.0. The highest BCUT2D eigenvalue weighted by Gasteiger charge is 2.29. The van der Waals surface area contributed by atoms with Crippen molar-refractivity contribution < 1.29 is 24.5 Å². The predicted molar refractivity (Wildman–Crippen MR) is 119 cm³/mol. The van der Waals surface area contributed by atoms with Gasteiger partial charge in [-0.2, -0.15) is 0 Å². The smallest absolute Gasteiger partial charge is 0.408 e. The molecular weight excluding hydrogens is 398 g/mol. The highest BCUT2D eigenvalue weighted by molar-refractivity contribution is 5.86. The number of alkyl carbamates (subject to hydrolysis) is 1. The first kappa shape index (κ1) is 25.1. The maximum Gasteiger partial charge on any atom is 0.408 e. The zero-order valence-electron chi connectivity index (χ0n) is 19.0. The summed E-state index contributed by atoms with van der Waals surface area (Å²) in [6.45, 7) is 8.49. The second-order valence-electron chi connectivity index (χ2n) is 8.98. The third-order valence-corrected chi connectivity index (χ3v) is 5.11. The van der Waals surface area contributed by atoms with Crippen LogP contribution in [-0.2, 0) is 22.5 Å². The standard InChI is InChI=1S/C23H37N3O5/c1-23(2,3)31-22(30)24-20(21(29)26-10-4-5-11-26)16-18-6-8-19(9-7-18)17-25(12-14-27)13-15-28/h6-9,20,27-28H,4-5,10-17H2,1-3H3,(H,24,30). The first-order chi connectivity index (χ1) is 14.7. The molecule has 174 valence electrons. The van der Waals surface area contributed by atoms with E-state index < -0.39 is 17.7 Å². The van der Waals surface area contributed by atoms with Crippen LogP contribution < -0.4 is 5.32 Å². The molecule has 1 atom stereocenters. The molecule has 0 aromatic heterocycles. The van der Waals surface area contributed by atoms with E-state index in [-0.39, 0.29) is 19.1 Å². The average molecular weight is 436 g/mol. The number of nitrogens with one attached hydrogen (secondary N) is 1. The fraction of sp³-hybridized carbons (Fsp3) is 0.652. The molecule has 0 bridgehead atoms. The van der Waals surface area contributed by atoms with Crippen molar-refractivity contribution >= 4 is 12.0 Å². The monoisotopic (exact) mass is 435 g/mol. The SMILES string of the molecule is CC(C)(C)OC(=O)NC(Cc1ccc(CN(CCO)CCO)cc1)C(=O)N1CCCC1. The van der Waals surface area contributed by atoms with Crippen LogP contribution in [0.1, 0.15) is 44.7 Å². The van der Waals surface area contributed by atoms with Gasteiger partial charge in [-0.05, 0) is 44.7 Å². The summed E-state index contributed by atoms with van der Waals surface area (Å²) in [5, 5.41) is 21.1. The third-order valence-electron chi connectivity index (χ3n) is 5.11. The fourth-order valence-electron chi connectivity index (χ4n) is 3.64. The lowest BCUT2D eigenvalue weighted by Crippen LogP contribution is -2.50. The van der Waals surface area contributed by atoms with Crippen LogP contribution in [0, 0.1) is 0 Å². The lowest BCUT2D eigenvalue weighted by Gasteiger charge is -2.26. The van der Waals surface area contributed by atoms with Crippen LogP contribution in [0.4, 0.5) is 4.79 Å². The van der Waals surface area contributed by atoms with E-state index in [1.165, 1.54) is 0 Å². The Morgan fingerprint density at radius 3 is 2.13 bits per heavy atom. The molecule has 0 radical (unpaired) electrons. The molecule has 2 rings (SSSR count). The Morgan fingerprint density at radius 1 is 1.06 bits per heavy atom. The molecule has 0 spiro atoms. The molecule has 1 heterocycles. The van der Waals surface area contributed by atoms with Gasteiger partial charge in [-0.15, -0.1) is 0 Å². The van der Waals surface area contributed by atoms with Gasteiger partial charge in [0, 0.05) is 39.1 Å². The van der Waals surface area contributed by atoms with Gasteiger partial charge < -0.3 is 25.2 Å². The number of aliphatic hydroxyl groups is 2. The van der Waals surface area contributed by atoms with Gasteiger partial charge in [-0.25, -0.2) is 4.79 Å². The number of aliphatic hydroxyl groups excluding tert-OH is 2. The van der Waals surface area contributed by atoms with Gasteiger partial charge in [0.2, 0.25) is 5.91 Å². The van der Waals surface area contributed by atoms with Crippen LogP contribution in [0.25, 0.3) is 0 Å². The summed E-state index contributed by atoms with van der Waals surface area (Å²) in [7, 11) is 0. The molecule has 2 amide bonds. The molecule has 1 aromatic rings. The lowest BCUT2D eigenvalue weighted by molar-refractivity contribution is -0.132. The Morgan fingerprint density at radius 2 is 1.61 bits per heavy atom. The zero-order chi connectivity index (χ0) is 22.9. The van der Waals surface area contributed by atoms with E-state index in [0.29, 0.717) is 26.1 Å². The second-order valence-corrected chi connectivity index (χ2v) is 8.98. The molecule has 8 nitrogen and oxygen atoms in total. The van der Waals surface area contributed by atoms with Crippen LogP contribution >= 0.6 is 0 Å². The van der Waals surface area contributed by atoms with E-state index in [4.69, 9.17) is 14.9 Å². The summed E-state index contributed by atoms with van der Waals surface area (Å²) in [4.78, 5) is 29.1. The zero-order valence-corrected chi connectivity index (χ0v) is 19.0. The van der Waals surface area contributed by atoms with Crippen molar-refractivity contribution in [2.75, 3.05) is 39.4 Å². The van der Waals surface area contributed by atoms with Crippen molar-refractivity contribution in [1.29, 1.82) is 0 Å². The van der Waals surface area contributed by atoms with Gasteiger partial charge in [0.25, 0.3) is 0 Å². The van der Waals surface area contributed by atoms with E-state index >= 15 is 0 Å². The van der Waals surface area contributed by atoms with E-state index in [0.717, 1.165) is 37.1 Å². The minimum atomic E-state index is -0.681. The van der Waals surface area contributed by atoms with Crippen molar-refractivity contribution in [3.05, 3.63) is 35.4 Å². The molecule has 1 aromatic carbocycles. The largest absolute Gasteiger partial charge is 0.444 e. The Hall–Kier alpha value is -2.16. The van der Waals surface area contributed by atoms with E-state index in [2.05, 4.69) is 5.32 Å². The molecule has 1 unspecified atom stereocenters. The van der Waals surface area contributed by atoms with Crippen LogP contribution in [-0.4, -0.2) is 83.0 Å². The van der Waals surface area contributed by atoms with E-state index in [1.54, 1.807) is 25.7 Å². The number of hydrogen-bond donors (Lipinski definition) is 3. The van der Waals surface area contributed by atoms with Gasteiger partial charge in [0.15, 0.2) is 0 Å². The summed E-state index contributed by atoms with van der Waals surface area (Å²) in [6.07, 6.45) is 1.76. The summed E-state index contributed by atoms with van der Waals surface area (Å²) in [6, 6.07) is 7.17. The lowest BCUT2D eigenvalue weighted by atomic mass is 10.0. The number of ether oxygens (including phenoxy) is 1. The van der Waals surface area contributed by atoms with Gasteiger partial charge in [0.05, 0.1) is 13.2 Å². The summed E-state index contributed by atoms with van der Waals surface area (Å²) >= 11 is 0. The number of likely N-dealkylation sites (tertiary alicyclic amines) is 1. The maximum atomic E-state index is 13.0. The van der Waals surface area contributed by atoms with Crippen molar-refractivity contribution in [2.45, 2.75) is 58.2 Å². The normalized spacial score (nSPS) is 15.2. The Labute approximate surface area is 185 Å². The van der Waals surface area contributed by atoms with Gasteiger partial charge in [-0.1, -0.05) is 24.3 Å². The molecular formula is C23H37N3O5. The topological polar surface area (TPSA) is 102 Å². The maximum absolute atomic E-state index is 13.0. The minimum Gasteiger partial charge on any atom is -0.444 e. The molecule has 1 saturated heterocycles. The van der Waals surface area contributed by atoms with Gasteiger partial charge in [-0.3, -0.25) is 9.69 Å². The Kier molecular flexibility index (Phi) is 9.74. The number of hydrogen-bond acceptors (Lipinski definition) is 6. The van der Waals surface area contributed by atoms with Gasteiger partial charge in [0.1, 0.15) is 11.6 Å².